The van der Waals surface area contributed by atoms with E-state index in [1.807, 2.05) is 0 Å². The molecule has 0 aliphatic heterocycles. The maximum Gasteiger partial charge on any atom is 0.143 e. The van der Waals surface area contributed by atoms with Crippen molar-refractivity contribution in [2.45, 2.75) is 13.8 Å². The number of benzene rings is 10. The van der Waals surface area contributed by atoms with E-state index in [0.717, 1.165) is 99.9 Å². The number of nitrogens with zero attached hydrogens (tertiary/aromatic N) is 2. The lowest BCUT2D eigenvalue weighted by Crippen LogP contribution is -2.12. The van der Waals surface area contributed by atoms with Crippen LogP contribution in [0, 0.1) is 13.8 Å². The molecule has 0 N–H and O–H groups in total. The van der Waals surface area contributed by atoms with Gasteiger partial charge >= 0.3 is 0 Å². The van der Waals surface area contributed by atoms with Crippen LogP contribution < -0.4 is 9.80 Å². The van der Waals surface area contributed by atoms with Crippen molar-refractivity contribution in [2.24, 2.45) is 0 Å². The second kappa shape index (κ2) is 15.1. The topological polar surface area (TPSA) is 19.6 Å². The second-order valence-electron chi connectivity index (χ2n) is 15.9. The van der Waals surface area contributed by atoms with Gasteiger partial charge in [-0.3, -0.25) is 0 Å². The van der Waals surface area contributed by atoms with E-state index in [0.29, 0.717) is 0 Å². The van der Waals surface area contributed by atoms with Crippen LogP contribution in [0.2, 0.25) is 0 Å². The van der Waals surface area contributed by atoms with Crippen LogP contribution in [-0.2, 0) is 0 Å². The molecule has 0 fully saturated rings. The Hall–Kier alpha value is -7.88. The van der Waals surface area contributed by atoms with Gasteiger partial charge in [0.15, 0.2) is 0 Å². The molecule has 0 spiro atoms. The van der Waals surface area contributed by atoms with Crippen LogP contribution in [-0.4, -0.2) is 0 Å². The van der Waals surface area contributed by atoms with E-state index in [1.54, 1.807) is 0 Å². The number of para-hydroxylation sites is 2. The van der Waals surface area contributed by atoms with Crippen LogP contribution in [0.5, 0.6) is 0 Å². The summed E-state index contributed by atoms with van der Waals surface area (Å²) in [7, 11) is 0. The van der Waals surface area contributed by atoms with E-state index >= 15 is 0 Å². The summed E-state index contributed by atoms with van der Waals surface area (Å²) in [5, 5.41) is 6.48. The Balaban J connectivity index is 1.24. The second-order valence-corrected chi connectivity index (χ2v) is 15.9. The highest BCUT2D eigenvalue weighted by Gasteiger charge is 2.26. The minimum Gasteiger partial charge on any atom is -0.455 e. The average molecular weight is 783 g/mol. The summed E-state index contributed by atoms with van der Waals surface area (Å²) in [6, 6.07) is 78.6. The Morgan fingerprint density at radius 2 is 0.672 bits per heavy atom. The molecule has 1 aromatic heterocycles. The molecule has 290 valence electrons. The van der Waals surface area contributed by atoms with E-state index in [4.69, 9.17) is 4.42 Å². The number of aryl methyl sites for hydroxylation is 2. The molecule has 1 heterocycles. The highest BCUT2D eigenvalue weighted by Crippen LogP contribution is 2.50. The van der Waals surface area contributed by atoms with Crippen molar-refractivity contribution in [1.82, 2.24) is 0 Å². The summed E-state index contributed by atoms with van der Waals surface area (Å²) in [5.41, 5.74) is 15.4. The van der Waals surface area contributed by atoms with Crippen molar-refractivity contribution < 1.29 is 4.42 Å². The molecule has 0 unspecified atom stereocenters. The summed E-state index contributed by atoms with van der Waals surface area (Å²) in [4.78, 5) is 4.88. The number of fused-ring (bicyclic) bond motifs is 7. The third kappa shape index (κ3) is 6.30. The molecule has 11 rings (SSSR count). The number of hydrogen-bond acceptors (Lipinski definition) is 3. The zero-order chi connectivity index (χ0) is 40.9. The van der Waals surface area contributed by atoms with Crippen LogP contribution in [0.15, 0.2) is 223 Å². The molecule has 10 aromatic carbocycles. The van der Waals surface area contributed by atoms with Crippen molar-refractivity contribution in [3.05, 3.63) is 230 Å². The van der Waals surface area contributed by atoms with Crippen LogP contribution in [0.3, 0.4) is 0 Å². The number of furan rings is 1. The van der Waals surface area contributed by atoms with Crippen LogP contribution >= 0.6 is 0 Å². The lowest BCUT2D eigenvalue weighted by Gasteiger charge is -2.30. The molecule has 11 aromatic rings. The van der Waals surface area contributed by atoms with Gasteiger partial charge in [-0.2, -0.15) is 0 Å². The van der Waals surface area contributed by atoms with Gasteiger partial charge in [-0.05, 0) is 84.6 Å². The molecule has 0 saturated carbocycles. The largest absolute Gasteiger partial charge is 0.455 e. The lowest BCUT2D eigenvalue weighted by atomic mass is 9.97. The molecule has 0 radical (unpaired) electrons. The van der Waals surface area contributed by atoms with Gasteiger partial charge in [-0.15, -0.1) is 0 Å². The van der Waals surface area contributed by atoms with Gasteiger partial charge in [0.1, 0.15) is 11.2 Å². The summed E-state index contributed by atoms with van der Waals surface area (Å²) in [5.74, 6) is 0. The zero-order valence-corrected chi connectivity index (χ0v) is 34.1. The number of rotatable bonds is 8. The predicted octanol–water partition coefficient (Wildman–Crippen LogP) is 16.8. The third-order valence-electron chi connectivity index (χ3n) is 11.9. The van der Waals surface area contributed by atoms with E-state index in [9.17, 15) is 0 Å². The van der Waals surface area contributed by atoms with Gasteiger partial charge in [-0.25, -0.2) is 0 Å². The summed E-state index contributed by atoms with van der Waals surface area (Å²) in [6.07, 6.45) is 0. The SMILES string of the molecule is Cc1cccc(N(c2ccccc2-c2ccccc2)c2cc3c4cc(N(c5cccc(C)c5)c5ccccc5-c5ccccc5)c5ccccc5c4oc3c3ccccc23)c1. The number of hydrogen-bond donors (Lipinski definition) is 0. The molecule has 0 atom stereocenters. The first-order valence-corrected chi connectivity index (χ1v) is 20.9. The smallest absolute Gasteiger partial charge is 0.143 e. The minimum absolute atomic E-state index is 0.879. The predicted molar refractivity (Wildman–Crippen MR) is 258 cm³/mol. The Morgan fingerprint density at radius 1 is 0.295 bits per heavy atom. The van der Waals surface area contributed by atoms with Gasteiger partial charge in [-0.1, -0.05) is 170 Å². The third-order valence-corrected chi connectivity index (χ3v) is 11.9. The quantitative estimate of drug-likeness (QED) is 0.153. The highest BCUT2D eigenvalue weighted by molar-refractivity contribution is 6.25. The molecule has 3 heteroatoms. The van der Waals surface area contributed by atoms with Gasteiger partial charge < -0.3 is 14.2 Å². The monoisotopic (exact) mass is 782 g/mol. The van der Waals surface area contributed by atoms with Crippen LogP contribution in [0.4, 0.5) is 34.1 Å². The normalized spacial score (nSPS) is 11.4. The molecule has 0 saturated heterocycles. The Bertz CT molecular complexity index is 3180. The lowest BCUT2D eigenvalue weighted by molar-refractivity contribution is 0.676. The first kappa shape index (κ1) is 36.2. The first-order valence-electron chi connectivity index (χ1n) is 20.9. The van der Waals surface area contributed by atoms with Crippen molar-refractivity contribution in [2.75, 3.05) is 9.80 Å². The molecule has 0 aliphatic rings. The molecule has 3 nitrogen and oxygen atoms in total. The standard InChI is InChI=1S/C58H42N2O/c1-39-19-17-25-43(35-39)59(53-33-15-13-27-45(53)41-21-5-3-6-22-41)55-37-51-52-38-56(48-30-10-12-32-50(48)58(52)61-57(51)49-31-11-9-29-47(49)55)60(44-26-18-20-40(2)36-44)54-34-16-14-28-46(54)42-23-7-4-8-24-42/h3-38H,1-2H3. The minimum atomic E-state index is 0.879. The van der Waals surface area contributed by atoms with Crippen LogP contribution in [0.1, 0.15) is 11.1 Å². The average Bonchev–Trinajstić information content (AvgIpc) is 3.69. The van der Waals surface area contributed by atoms with E-state index in [-0.39, 0.29) is 0 Å². The zero-order valence-electron chi connectivity index (χ0n) is 34.1. The fourth-order valence-electron chi connectivity index (χ4n) is 9.16. The van der Waals surface area contributed by atoms with Gasteiger partial charge in [0.2, 0.25) is 0 Å². The van der Waals surface area contributed by atoms with E-state index < -0.39 is 0 Å². The summed E-state index contributed by atoms with van der Waals surface area (Å²) >= 11 is 0. The molecular weight excluding hydrogens is 741 g/mol. The molecular formula is C58H42N2O. The van der Waals surface area contributed by atoms with Crippen molar-refractivity contribution >= 4 is 77.6 Å². The van der Waals surface area contributed by atoms with Crippen molar-refractivity contribution in [1.29, 1.82) is 0 Å². The molecule has 0 bridgehead atoms. The van der Waals surface area contributed by atoms with Gasteiger partial charge in [0, 0.05) is 54.8 Å². The Morgan fingerprint density at radius 3 is 1.10 bits per heavy atom. The van der Waals surface area contributed by atoms with Crippen LogP contribution in [0.25, 0.3) is 65.7 Å². The highest BCUT2D eigenvalue weighted by atomic mass is 16.3. The Kier molecular flexibility index (Phi) is 8.94. The Labute approximate surface area is 356 Å². The fraction of sp³-hybridized carbons (Fsp3) is 0.0345. The summed E-state index contributed by atoms with van der Waals surface area (Å²) in [6.45, 7) is 4.33. The molecule has 0 amide bonds. The van der Waals surface area contributed by atoms with Gasteiger partial charge in [0.05, 0.1) is 22.7 Å². The van der Waals surface area contributed by atoms with E-state index in [2.05, 4.69) is 242 Å². The van der Waals surface area contributed by atoms with Gasteiger partial charge in [0.25, 0.3) is 0 Å². The molecule has 61 heavy (non-hydrogen) atoms. The molecule has 0 aliphatic carbocycles. The maximum atomic E-state index is 7.16. The van der Waals surface area contributed by atoms with Crippen molar-refractivity contribution in [3.63, 3.8) is 0 Å². The van der Waals surface area contributed by atoms with E-state index in [1.165, 1.54) is 11.1 Å². The van der Waals surface area contributed by atoms with Crippen molar-refractivity contribution in [3.8, 4) is 22.3 Å². The maximum absolute atomic E-state index is 7.16. The number of anilines is 6. The first-order chi connectivity index (χ1) is 30.1. The summed E-state index contributed by atoms with van der Waals surface area (Å²) < 4.78 is 7.16. The fourth-order valence-corrected chi connectivity index (χ4v) is 9.16.